The van der Waals surface area contributed by atoms with Gasteiger partial charge in [-0.05, 0) is 18.6 Å². The van der Waals surface area contributed by atoms with Crippen LogP contribution in [0.15, 0.2) is 18.2 Å². The highest BCUT2D eigenvalue weighted by Gasteiger charge is 2.35. The second-order valence-corrected chi connectivity index (χ2v) is 4.36. The molecule has 0 bridgehead atoms. The van der Waals surface area contributed by atoms with Crippen LogP contribution in [0.1, 0.15) is 35.7 Å². The number of hydrogen-bond acceptors (Lipinski definition) is 2. The number of rotatable bonds is 5. The van der Waals surface area contributed by atoms with Crippen molar-refractivity contribution in [1.29, 1.82) is 0 Å². The van der Waals surface area contributed by atoms with Gasteiger partial charge in [0.25, 0.3) is 5.91 Å². The summed E-state index contributed by atoms with van der Waals surface area (Å²) in [4.78, 5) is 11.8. The van der Waals surface area contributed by atoms with E-state index in [1.807, 2.05) is 6.92 Å². The van der Waals surface area contributed by atoms with Gasteiger partial charge in [0.1, 0.15) is 5.82 Å². The van der Waals surface area contributed by atoms with Crippen LogP contribution in [0.5, 0.6) is 0 Å². The van der Waals surface area contributed by atoms with E-state index >= 15 is 0 Å². The minimum Gasteiger partial charge on any atom is -0.348 e. The van der Waals surface area contributed by atoms with Gasteiger partial charge in [-0.15, -0.1) is 0 Å². The van der Waals surface area contributed by atoms with E-state index in [4.69, 9.17) is 5.73 Å². The predicted octanol–water partition coefficient (Wildman–Crippen LogP) is 2.70. The summed E-state index contributed by atoms with van der Waals surface area (Å²) in [6.45, 7) is 2.01. The summed E-state index contributed by atoms with van der Waals surface area (Å²) in [5.41, 5.74) is 3.35. The van der Waals surface area contributed by atoms with E-state index in [9.17, 15) is 22.4 Å². The van der Waals surface area contributed by atoms with Crippen molar-refractivity contribution < 1.29 is 22.4 Å². The standard InChI is InChI=1S/C13H16F4N2O/c1-2-4-8(7-18)19-12(20)9-5-3-6-10(11(9)14)13(15,16)17/h3,5-6,8H,2,4,7,18H2,1H3,(H,19,20). The van der Waals surface area contributed by atoms with Gasteiger partial charge < -0.3 is 11.1 Å². The number of benzene rings is 1. The first-order valence-electron chi connectivity index (χ1n) is 6.17. The van der Waals surface area contributed by atoms with Gasteiger partial charge in [0.05, 0.1) is 11.1 Å². The van der Waals surface area contributed by atoms with Crippen LogP contribution in [0.25, 0.3) is 0 Å². The number of alkyl halides is 3. The molecule has 1 amide bonds. The maximum absolute atomic E-state index is 13.7. The van der Waals surface area contributed by atoms with Crippen molar-refractivity contribution in [3.8, 4) is 0 Å². The SMILES string of the molecule is CCCC(CN)NC(=O)c1cccc(C(F)(F)F)c1F. The van der Waals surface area contributed by atoms with Crippen LogP contribution < -0.4 is 11.1 Å². The first kappa shape index (κ1) is 16.4. The lowest BCUT2D eigenvalue weighted by Crippen LogP contribution is -2.40. The number of nitrogens with one attached hydrogen (secondary N) is 1. The second-order valence-electron chi connectivity index (χ2n) is 4.36. The minimum absolute atomic E-state index is 0.139. The van der Waals surface area contributed by atoms with Gasteiger partial charge in [-0.2, -0.15) is 13.2 Å². The molecule has 0 spiro atoms. The molecule has 1 atom stereocenters. The fraction of sp³-hybridized carbons (Fsp3) is 0.462. The average molecular weight is 292 g/mol. The third kappa shape index (κ3) is 3.93. The van der Waals surface area contributed by atoms with E-state index in [0.29, 0.717) is 12.5 Å². The van der Waals surface area contributed by atoms with Crippen molar-refractivity contribution in [3.05, 3.63) is 35.1 Å². The Labute approximate surface area is 114 Å². The lowest BCUT2D eigenvalue weighted by atomic mass is 10.1. The Bertz CT molecular complexity index is 474. The molecule has 0 heterocycles. The number of nitrogens with two attached hydrogens (primary N) is 1. The Morgan fingerprint density at radius 1 is 1.40 bits per heavy atom. The molecule has 0 aromatic heterocycles. The van der Waals surface area contributed by atoms with Crippen LogP contribution in [0.4, 0.5) is 17.6 Å². The molecule has 7 heteroatoms. The van der Waals surface area contributed by atoms with E-state index < -0.39 is 29.0 Å². The van der Waals surface area contributed by atoms with Crippen LogP contribution in [0.2, 0.25) is 0 Å². The topological polar surface area (TPSA) is 55.1 Å². The molecule has 3 nitrogen and oxygen atoms in total. The molecule has 1 aromatic rings. The van der Waals surface area contributed by atoms with E-state index in [-0.39, 0.29) is 12.6 Å². The van der Waals surface area contributed by atoms with E-state index in [2.05, 4.69) is 5.32 Å². The molecule has 0 aliphatic heterocycles. The highest BCUT2D eigenvalue weighted by molar-refractivity contribution is 5.94. The summed E-state index contributed by atoms with van der Waals surface area (Å²) in [6.07, 6.45) is -3.52. The van der Waals surface area contributed by atoms with Crippen molar-refractivity contribution in [2.24, 2.45) is 5.73 Å². The third-order valence-corrected chi connectivity index (χ3v) is 2.81. The summed E-state index contributed by atoms with van der Waals surface area (Å²) in [5.74, 6) is -2.46. The van der Waals surface area contributed by atoms with Crippen molar-refractivity contribution in [3.63, 3.8) is 0 Å². The number of carbonyl (C=O) groups excluding carboxylic acids is 1. The quantitative estimate of drug-likeness (QED) is 0.820. The molecule has 112 valence electrons. The highest BCUT2D eigenvalue weighted by atomic mass is 19.4. The largest absolute Gasteiger partial charge is 0.419 e. The molecule has 0 saturated heterocycles. The Morgan fingerprint density at radius 3 is 2.55 bits per heavy atom. The predicted molar refractivity (Wildman–Crippen MR) is 66.6 cm³/mol. The van der Waals surface area contributed by atoms with Gasteiger partial charge in [-0.3, -0.25) is 4.79 Å². The first-order chi connectivity index (χ1) is 9.31. The summed E-state index contributed by atoms with van der Waals surface area (Å²) < 4.78 is 51.4. The molecule has 0 saturated carbocycles. The molecule has 0 aliphatic rings. The summed E-state index contributed by atoms with van der Waals surface area (Å²) >= 11 is 0. The number of hydrogen-bond donors (Lipinski definition) is 2. The first-order valence-corrected chi connectivity index (χ1v) is 6.17. The van der Waals surface area contributed by atoms with Gasteiger partial charge in [-0.1, -0.05) is 19.4 Å². The molecule has 0 radical (unpaired) electrons. The molecule has 1 aromatic carbocycles. The Morgan fingerprint density at radius 2 is 2.05 bits per heavy atom. The second kappa shape index (κ2) is 6.69. The van der Waals surface area contributed by atoms with Crippen LogP contribution in [-0.2, 0) is 6.18 Å². The molecule has 0 fully saturated rings. The molecule has 3 N–H and O–H groups in total. The lowest BCUT2D eigenvalue weighted by molar-refractivity contribution is -0.140. The zero-order valence-corrected chi connectivity index (χ0v) is 10.9. The van der Waals surface area contributed by atoms with Crippen molar-refractivity contribution >= 4 is 5.91 Å². The molecule has 1 rings (SSSR count). The number of halogens is 4. The zero-order valence-electron chi connectivity index (χ0n) is 10.9. The molecule has 0 aliphatic carbocycles. The minimum atomic E-state index is -4.84. The van der Waals surface area contributed by atoms with Gasteiger partial charge in [-0.25, -0.2) is 4.39 Å². The molecule has 1 unspecified atom stereocenters. The summed E-state index contributed by atoms with van der Waals surface area (Å²) in [6, 6.07) is 2.22. The Balaban J connectivity index is 3.00. The summed E-state index contributed by atoms with van der Waals surface area (Å²) in [7, 11) is 0. The smallest absolute Gasteiger partial charge is 0.348 e. The van der Waals surface area contributed by atoms with Crippen LogP contribution in [0, 0.1) is 5.82 Å². The van der Waals surface area contributed by atoms with Gasteiger partial charge in [0, 0.05) is 12.6 Å². The normalized spacial score (nSPS) is 13.1. The monoisotopic (exact) mass is 292 g/mol. The zero-order chi connectivity index (χ0) is 15.3. The van der Waals surface area contributed by atoms with E-state index in [1.165, 1.54) is 0 Å². The average Bonchev–Trinajstić information content (AvgIpc) is 2.36. The van der Waals surface area contributed by atoms with Crippen molar-refractivity contribution in [2.45, 2.75) is 32.0 Å². The maximum Gasteiger partial charge on any atom is 0.419 e. The lowest BCUT2D eigenvalue weighted by Gasteiger charge is -2.17. The maximum atomic E-state index is 13.7. The summed E-state index contributed by atoms with van der Waals surface area (Å²) in [5, 5.41) is 2.43. The van der Waals surface area contributed by atoms with Gasteiger partial charge >= 0.3 is 6.18 Å². The Hall–Kier alpha value is -1.63. The van der Waals surface area contributed by atoms with Crippen LogP contribution in [-0.4, -0.2) is 18.5 Å². The highest BCUT2D eigenvalue weighted by Crippen LogP contribution is 2.32. The van der Waals surface area contributed by atoms with Gasteiger partial charge in [0.2, 0.25) is 0 Å². The fourth-order valence-electron chi connectivity index (χ4n) is 1.79. The molecular weight excluding hydrogens is 276 g/mol. The fourth-order valence-corrected chi connectivity index (χ4v) is 1.79. The van der Waals surface area contributed by atoms with Crippen LogP contribution >= 0.6 is 0 Å². The number of carbonyl (C=O) groups is 1. The van der Waals surface area contributed by atoms with Crippen molar-refractivity contribution in [1.82, 2.24) is 5.32 Å². The van der Waals surface area contributed by atoms with E-state index in [1.54, 1.807) is 0 Å². The third-order valence-electron chi connectivity index (χ3n) is 2.81. The Kier molecular flexibility index (Phi) is 5.50. The molecular formula is C13H16F4N2O. The molecule has 20 heavy (non-hydrogen) atoms. The van der Waals surface area contributed by atoms with Crippen molar-refractivity contribution in [2.75, 3.05) is 6.54 Å². The number of amides is 1. The van der Waals surface area contributed by atoms with Crippen LogP contribution in [0.3, 0.4) is 0 Å². The van der Waals surface area contributed by atoms with E-state index in [0.717, 1.165) is 18.6 Å². The van der Waals surface area contributed by atoms with Gasteiger partial charge in [0.15, 0.2) is 0 Å².